The van der Waals surface area contributed by atoms with Crippen molar-refractivity contribution >= 4 is 27.7 Å². The van der Waals surface area contributed by atoms with E-state index in [0.717, 1.165) is 15.6 Å². The van der Waals surface area contributed by atoms with E-state index in [4.69, 9.17) is 4.74 Å². The highest BCUT2D eigenvalue weighted by molar-refractivity contribution is 9.10. The number of carbonyl (C=O) groups excluding carboxylic acids is 2. The van der Waals surface area contributed by atoms with Crippen molar-refractivity contribution in [2.75, 3.05) is 6.61 Å². The van der Waals surface area contributed by atoms with Crippen LogP contribution in [0.1, 0.15) is 57.2 Å². The van der Waals surface area contributed by atoms with E-state index in [2.05, 4.69) is 35.1 Å². The number of rotatable bonds is 9. The Morgan fingerprint density at radius 2 is 1.74 bits per heavy atom. The summed E-state index contributed by atoms with van der Waals surface area (Å²) < 4.78 is 6.63. The van der Waals surface area contributed by atoms with Crippen molar-refractivity contribution in [2.24, 2.45) is 0 Å². The second-order valence-electron chi connectivity index (χ2n) is 8.42. The zero-order valence-corrected chi connectivity index (χ0v) is 20.8. The third-order valence-corrected chi connectivity index (χ3v) is 5.79. The lowest BCUT2D eigenvalue weighted by molar-refractivity contribution is -0.142. The zero-order valence-electron chi connectivity index (χ0n) is 19.2. The van der Waals surface area contributed by atoms with E-state index in [0.29, 0.717) is 18.2 Å². The van der Waals surface area contributed by atoms with Gasteiger partial charge in [-0.1, -0.05) is 44.2 Å². The van der Waals surface area contributed by atoms with Crippen LogP contribution in [0.5, 0.6) is 5.75 Å². The van der Waals surface area contributed by atoms with Crippen LogP contribution in [-0.2, 0) is 16.1 Å². The largest absolute Gasteiger partial charge is 0.483 e. The number of hydrogen-bond acceptors (Lipinski definition) is 3. The predicted molar refractivity (Wildman–Crippen MR) is 128 cm³/mol. The Kier molecular flexibility index (Phi) is 9.11. The van der Waals surface area contributed by atoms with E-state index in [1.54, 1.807) is 11.8 Å². The molecule has 31 heavy (non-hydrogen) atoms. The molecular weight excluding hydrogens is 456 g/mol. The van der Waals surface area contributed by atoms with Crippen molar-refractivity contribution in [3.63, 3.8) is 0 Å². The molecule has 2 rings (SSSR count). The first-order chi connectivity index (χ1) is 14.6. The Balaban J connectivity index is 2.19. The molecule has 2 aromatic carbocycles. The molecule has 0 aliphatic carbocycles. The fourth-order valence-corrected chi connectivity index (χ4v) is 3.69. The number of halogens is 1. The molecule has 168 valence electrons. The van der Waals surface area contributed by atoms with Crippen LogP contribution in [0, 0.1) is 6.92 Å². The molecule has 1 atom stereocenters. The van der Waals surface area contributed by atoms with Gasteiger partial charge in [0.15, 0.2) is 6.61 Å². The van der Waals surface area contributed by atoms with Crippen molar-refractivity contribution < 1.29 is 14.3 Å². The van der Waals surface area contributed by atoms with Gasteiger partial charge in [-0.25, -0.2) is 0 Å². The summed E-state index contributed by atoms with van der Waals surface area (Å²) in [4.78, 5) is 27.4. The maximum atomic E-state index is 13.2. The Morgan fingerprint density at radius 3 is 2.32 bits per heavy atom. The van der Waals surface area contributed by atoms with Crippen LogP contribution in [0.3, 0.4) is 0 Å². The quantitative estimate of drug-likeness (QED) is 0.527. The van der Waals surface area contributed by atoms with Gasteiger partial charge in [0.25, 0.3) is 5.91 Å². The Morgan fingerprint density at radius 1 is 1.06 bits per heavy atom. The summed E-state index contributed by atoms with van der Waals surface area (Å²) in [6, 6.07) is 13.1. The van der Waals surface area contributed by atoms with Gasteiger partial charge in [-0.05, 0) is 78.4 Å². The fraction of sp³-hybridized carbons (Fsp3) is 0.440. The number of nitrogens with one attached hydrogen (secondary N) is 1. The predicted octanol–water partition coefficient (Wildman–Crippen LogP) is 5.20. The number of nitrogens with zero attached hydrogens (tertiary/aromatic N) is 1. The van der Waals surface area contributed by atoms with Crippen molar-refractivity contribution in [3.05, 3.63) is 63.6 Å². The third-order valence-electron chi connectivity index (χ3n) is 5.17. The molecule has 0 saturated heterocycles. The molecule has 5 nitrogen and oxygen atoms in total. The monoisotopic (exact) mass is 488 g/mol. The molecule has 0 heterocycles. The summed E-state index contributed by atoms with van der Waals surface area (Å²) in [6.45, 7) is 12.0. The maximum Gasteiger partial charge on any atom is 0.261 e. The van der Waals surface area contributed by atoms with Gasteiger partial charge in [-0.15, -0.1) is 0 Å². The molecule has 6 heteroatoms. The van der Waals surface area contributed by atoms with Gasteiger partial charge < -0.3 is 15.0 Å². The van der Waals surface area contributed by atoms with Crippen molar-refractivity contribution in [1.82, 2.24) is 10.2 Å². The van der Waals surface area contributed by atoms with Gasteiger partial charge in [0.2, 0.25) is 5.91 Å². The molecule has 1 N–H and O–H groups in total. The van der Waals surface area contributed by atoms with E-state index in [1.807, 2.05) is 63.2 Å². The van der Waals surface area contributed by atoms with Crippen LogP contribution >= 0.6 is 15.9 Å². The van der Waals surface area contributed by atoms with Gasteiger partial charge >= 0.3 is 0 Å². The normalized spacial score (nSPS) is 12.0. The molecule has 0 unspecified atom stereocenters. The van der Waals surface area contributed by atoms with E-state index in [1.165, 1.54) is 5.56 Å². The minimum Gasteiger partial charge on any atom is -0.483 e. The summed E-state index contributed by atoms with van der Waals surface area (Å²) in [5.74, 6) is 0.582. The molecule has 0 fully saturated rings. The standard InChI is InChI=1S/C25H33BrN2O3/c1-16(2)20-11-12-23(22(26)13-20)31-15-24(29)28(19(6)25(30)27-17(3)4)14-21-10-8-7-9-18(21)5/h7-13,16-17,19H,14-15H2,1-6H3,(H,27,30)/t19-/m1/s1. The molecule has 0 bridgehead atoms. The molecule has 2 amide bonds. The molecule has 0 spiro atoms. The first kappa shape index (κ1) is 24.9. The Labute approximate surface area is 194 Å². The van der Waals surface area contributed by atoms with Gasteiger partial charge in [-0.2, -0.15) is 0 Å². The lowest BCUT2D eigenvalue weighted by Gasteiger charge is -2.30. The van der Waals surface area contributed by atoms with E-state index >= 15 is 0 Å². The topological polar surface area (TPSA) is 58.6 Å². The maximum absolute atomic E-state index is 13.2. The average Bonchev–Trinajstić information content (AvgIpc) is 2.70. The highest BCUT2D eigenvalue weighted by Gasteiger charge is 2.27. The minimum atomic E-state index is -0.620. The first-order valence-electron chi connectivity index (χ1n) is 10.7. The summed E-state index contributed by atoms with van der Waals surface area (Å²) in [5, 5.41) is 2.90. The van der Waals surface area contributed by atoms with Crippen LogP contribution in [0.15, 0.2) is 46.9 Å². The third kappa shape index (κ3) is 7.10. The van der Waals surface area contributed by atoms with E-state index in [-0.39, 0.29) is 24.5 Å². The van der Waals surface area contributed by atoms with Crippen LogP contribution in [0.4, 0.5) is 0 Å². The van der Waals surface area contributed by atoms with Gasteiger partial charge in [0, 0.05) is 12.6 Å². The summed E-state index contributed by atoms with van der Waals surface area (Å²) in [6.07, 6.45) is 0. The lowest BCUT2D eigenvalue weighted by Crippen LogP contribution is -2.50. The number of amides is 2. The van der Waals surface area contributed by atoms with Crippen LogP contribution in [0.2, 0.25) is 0 Å². The number of benzene rings is 2. The summed E-state index contributed by atoms with van der Waals surface area (Å²) >= 11 is 3.53. The Bertz CT molecular complexity index is 911. The van der Waals surface area contributed by atoms with Crippen molar-refractivity contribution in [3.8, 4) is 5.75 Å². The van der Waals surface area contributed by atoms with Crippen LogP contribution in [-0.4, -0.2) is 35.4 Å². The molecular formula is C25H33BrN2O3. The molecule has 0 aliphatic heterocycles. The summed E-state index contributed by atoms with van der Waals surface area (Å²) in [5.41, 5.74) is 3.26. The van der Waals surface area contributed by atoms with Gasteiger partial charge in [-0.3, -0.25) is 9.59 Å². The van der Waals surface area contributed by atoms with Gasteiger partial charge in [0.05, 0.1) is 4.47 Å². The highest BCUT2D eigenvalue weighted by atomic mass is 79.9. The highest BCUT2D eigenvalue weighted by Crippen LogP contribution is 2.29. The minimum absolute atomic E-state index is 0.00274. The van der Waals surface area contributed by atoms with Crippen molar-refractivity contribution in [1.29, 1.82) is 0 Å². The fourth-order valence-electron chi connectivity index (χ4n) is 3.17. The lowest BCUT2D eigenvalue weighted by atomic mass is 10.0. The van der Waals surface area contributed by atoms with E-state index < -0.39 is 6.04 Å². The molecule has 2 aromatic rings. The molecule has 0 saturated carbocycles. The number of hydrogen-bond donors (Lipinski definition) is 1. The molecule has 0 aromatic heterocycles. The number of carbonyl (C=O) groups is 2. The van der Waals surface area contributed by atoms with Gasteiger partial charge in [0.1, 0.15) is 11.8 Å². The van der Waals surface area contributed by atoms with Crippen LogP contribution < -0.4 is 10.1 Å². The van der Waals surface area contributed by atoms with E-state index in [9.17, 15) is 9.59 Å². The second kappa shape index (κ2) is 11.3. The van der Waals surface area contributed by atoms with Crippen molar-refractivity contribution in [2.45, 2.75) is 66.1 Å². The number of ether oxygens (including phenoxy) is 1. The second-order valence-corrected chi connectivity index (χ2v) is 9.27. The Hall–Kier alpha value is -2.34. The molecule has 0 aliphatic rings. The average molecular weight is 489 g/mol. The number of aryl methyl sites for hydroxylation is 1. The first-order valence-corrected chi connectivity index (χ1v) is 11.5. The van der Waals surface area contributed by atoms with Crippen LogP contribution in [0.25, 0.3) is 0 Å². The SMILES string of the molecule is Cc1ccccc1CN(C(=O)COc1ccc(C(C)C)cc1Br)[C@H](C)C(=O)NC(C)C. The zero-order chi connectivity index (χ0) is 23.1. The molecule has 0 radical (unpaired) electrons. The smallest absolute Gasteiger partial charge is 0.261 e. The summed E-state index contributed by atoms with van der Waals surface area (Å²) in [7, 11) is 0.